The Kier molecular flexibility index (Phi) is 7.41. The van der Waals surface area contributed by atoms with Gasteiger partial charge in [0, 0.05) is 22.0 Å². The van der Waals surface area contributed by atoms with E-state index in [1.54, 1.807) is 49.4 Å². The smallest absolute Gasteiger partial charge is 0.418 e. The molecule has 41 heavy (non-hydrogen) atoms. The summed E-state index contributed by atoms with van der Waals surface area (Å²) in [5, 5.41) is 16.5. The molecule has 0 bridgehead atoms. The average molecular weight is 584 g/mol. The quantitative estimate of drug-likeness (QED) is 0.176. The number of hydrogen-bond donors (Lipinski definition) is 2. The highest BCUT2D eigenvalue weighted by atomic mass is 35.5. The number of nitrogens with zero attached hydrogens (tertiary/aromatic N) is 3. The van der Waals surface area contributed by atoms with Crippen molar-refractivity contribution in [1.29, 1.82) is 0 Å². The molecule has 13 heteroatoms. The second-order valence-electron chi connectivity index (χ2n) is 8.98. The number of alkyl halides is 3. The molecule has 0 fully saturated rings. The van der Waals surface area contributed by atoms with Gasteiger partial charge in [0.1, 0.15) is 11.4 Å². The molecule has 0 radical (unpaired) electrons. The van der Waals surface area contributed by atoms with Gasteiger partial charge in [-0.05, 0) is 65.2 Å². The van der Waals surface area contributed by atoms with Crippen LogP contribution in [0.2, 0.25) is 5.02 Å². The molecule has 0 aliphatic rings. The van der Waals surface area contributed by atoms with E-state index in [0.717, 1.165) is 12.1 Å². The fraction of sp³-hybridized carbons (Fsp3) is 0.107. The lowest BCUT2D eigenvalue weighted by atomic mass is 9.93. The average Bonchev–Trinajstić information content (AvgIpc) is 3.44. The first-order valence-electron chi connectivity index (χ1n) is 11.9. The Balaban J connectivity index is 1.60. The zero-order valence-electron chi connectivity index (χ0n) is 21.0. The van der Waals surface area contributed by atoms with Crippen molar-refractivity contribution in [3.63, 3.8) is 0 Å². The van der Waals surface area contributed by atoms with Gasteiger partial charge in [-0.15, -0.1) is 10.2 Å². The Hall–Kier alpha value is -4.84. The molecule has 0 aliphatic carbocycles. The first kappa shape index (κ1) is 27.7. The second kappa shape index (κ2) is 11.0. The van der Waals surface area contributed by atoms with Crippen molar-refractivity contribution in [3.8, 4) is 11.1 Å². The number of rotatable bonds is 6. The number of tetrazole rings is 1. The number of halogens is 5. The molecule has 2 aromatic heterocycles. The molecule has 0 unspecified atom stereocenters. The Bertz CT molecular complexity index is 1870. The van der Waals surface area contributed by atoms with Crippen LogP contribution in [0.4, 0.5) is 23.2 Å². The summed E-state index contributed by atoms with van der Waals surface area (Å²) in [6.45, 7) is 1.75. The van der Waals surface area contributed by atoms with Gasteiger partial charge in [0.05, 0.1) is 23.2 Å². The number of fused-ring (bicyclic) bond motifs is 1. The predicted octanol–water partition coefficient (Wildman–Crippen LogP) is 6.44. The zero-order valence-corrected chi connectivity index (χ0v) is 21.8. The Morgan fingerprint density at radius 2 is 1.93 bits per heavy atom. The minimum atomic E-state index is -4.93. The van der Waals surface area contributed by atoms with E-state index in [-0.39, 0.29) is 17.2 Å². The van der Waals surface area contributed by atoms with E-state index in [1.165, 1.54) is 6.07 Å². The SMILES string of the molecule is Cc1cc2c(-c3cccc(/C=C/c4nn[nH]n4)c3)c(CC(=O)Nc3ccc(F)cc3C(F)(F)F)c(=O)oc2cc1Cl. The number of carbonyl (C=O) groups excluding carboxylic acids is 1. The lowest BCUT2D eigenvalue weighted by Gasteiger charge is -2.16. The number of nitrogens with one attached hydrogen (secondary N) is 2. The lowest BCUT2D eigenvalue weighted by molar-refractivity contribution is -0.137. The van der Waals surface area contributed by atoms with E-state index in [9.17, 15) is 27.2 Å². The van der Waals surface area contributed by atoms with Gasteiger partial charge in [0.15, 0.2) is 5.82 Å². The second-order valence-corrected chi connectivity index (χ2v) is 9.39. The molecular formula is C28H18ClF4N5O3. The summed E-state index contributed by atoms with van der Waals surface area (Å²) in [4.78, 5) is 26.2. The van der Waals surface area contributed by atoms with Crippen LogP contribution in [0.1, 0.15) is 28.1 Å². The number of aromatic nitrogens is 4. The maximum atomic E-state index is 13.5. The molecular weight excluding hydrogens is 566 g/mol. The van der Waals surface area contributed by atoms with Crippen LogP contribution in [0.5, 0.6) is 0 Å². The molecule has 0 spiro atoms. The monoisotopic (exact) mass is 583 g/mol. The van der Waals surface area contributed by atoms with Crippen LogP contribution in [-0.4, -0.2) is 26.5 Å². The molecule has 208 valence electrons. The van der Waals surface area contributed by atoms with Gasteiger partial charge < -0.3 is 9.73 Å². The Labute approximate surface area is 233 Å². The molecule has 5 rings (SSSR count). The van der Waals surface area contributed by atoms with Crippen LogP contribution in [-0.2, 0) is 17.4 Å². The van der Waals surface area contributed by atoms with Gasteiger partial charge >= 0.3 is 11.8 Å². The third kappa shape index (κ3) is 6.02. The van der Waals surface area contributed by atoms with Gasteiger partial charge in [0.2, 0.25) is 5.91 Å². The molecule has 0 aliphatic heterocycles. The molecule has 5 aromatic rings. The number of amides is 1. The highest BCUT2D eigenvalue weighted by Gasteiger charge is 2.34. The van der Waals surface area contributed by atoms with Crippen LogP contribution < -0.4 is 10.9 Å². The third-order valence-electron chi connectivity index (χ3n) is 6.14. The van der Waals surface area contributed by atoms with Gasteiger partial charge in [-0.3, -0.25) is 4.79 Å². The number of aryl methyl sites for hydroxylation is 1. The van der Waals surface area contributed by atoms with Crippen molar-refractivity contribution in [2.75, 3.05) is 5.32 Å². The summed E-state index contributed by atoms with van der Waals surface area (Å²) in [7, 11) is 0. The normalized spacial score (nSPS) is 11.9. The largest absolute Gasteiger partial charge is 0.422 e. The number of hydrogen-bond acceptors (Lipinski definition) is 6. The summed E-state index contributed by atoms with van der Waals surface area (Å²) in [5.74, 6) is -1.72. The maximum Gasteiger partial charge on any atom is 0.418 e. The Morgan fingerprint density at radius 3 is 2.66 bits per heavy atom. The molecule has 2 heterocycles. The molecule has 0 saturated carbocycles. The van der Waals surface area contributed by atoms with E-state index < -0.39 is 41.2 Å². The summed E-state index contributed by atoms with van der Waals surface area (Å²) in [6, 6.07) is 12.0. The molecule has 2 N–H and O–H groups in total. The minimum Gasteiger partial charge on any atom is -0.422 e. The van der Waals surface area contributed by atoms with Gasteiger partial charge in [0.25, 0.3) is 0 Å². The molecule has 0 saturated heterocycles. The number of H-pyrrole nitrogens is 1. The maximum absolute atomic E-state index is 13.5. The van der Waals surface area contributed by atoms with Crippen molar-refractivity contribution >= 4 is 46.3 Å². The zero-order chi connectivity index (χ0) is 29.3. The van der Waals surface area contributed by atoms with E-state index >= 15 is 0 Å². The van der Waals surface area contributed by atoms with Crippen molar-refractivity contribution in [2.45, 2.75) is 19.5 Å². The number of anilines is 1. The lowest BCUT2D eigenvalue weighted by Crippen LogP contribution is -2.22. The van der Waals surface area contributed by atoms with E-state index in [2.05, 4.69) is 25.9 Å². The van der Waals surface area contributed by atoms with Crippen LogP contribution >= 0.6 is 11.6 Å². The fourth-order valence-electron chi connectivity index (χ4n) is 4.28. The molecule has 1 amide bonds. The van der Waals surface area contributed by atoms with Crippen LogP contribution in [0.15, 0.2) is 63.8 Å². The van der Waals surface area contributed by atoms with Gasteiger partial charge in [-0.2, -0.15) is 18.4 Å². The summed E-state index contributed by atoms with van der Waals surface area (Å²) >= 11 is 6.26. The number of aromatic amines is 1. The van der Waals surface area contributed by atoms with Crippen molar-refractivity contribution in [3.05, 3.63) is 104 Å². The molecule has 3 aromatic carbocycles. The molecule has 0 atom stereocenters. The van der Waals surface area contributed by atoms with E-state index in [1.807, 2.05) is 0 Å². The van der Waals surface area contributed by atoms with Crippen molar-refractivity contribution < 1.29 is 26.8 Å². The van der Waals surface area contributed by atoms with Crippen LogP contribution in [0, 0.1) is 12.7 Å². The first-order valence-corrected chi connectivity index (χ1v) is 12.3. The predicted molar refractivity (Wildman–Crippen MR) is 145 cm³/mol. The highest BCUT2D eigenvalue weighted by molar-refractivity contribution is 6.32. The fourth-order valence-corrected chi connectivity index (χ4v) is 4.44. The first-order chi connectivity index (χ1) is 19.5. The Morgan fingerprint density at radius 1 is 1.12 bits per heavy atom. The highest BCUT2D eigenvalue weighted by Crippen LogP contribution is 2.37. The summed E-state index contributed by atoms with van der Waals surface area (Å²) < 4.78 is 59.4. The van der Waals surface area contributed by atoms with Crippen molar-refractivity contribution in [2.24, 2.45) is 0 Å². The van der Waals surface area contributed by atoms with E-state index in [4.69, 9.17) is 16.0 Å². The van der Waals surface area contributed by atoms with Crippen LogP contribution in [0.25, 0.3) is 34.2 Å². The van der Waals surface area contributed by atoms with Gasteiger partial charge in [-0.25, -0.2) is 9.18 Å². The molecule has 8 nitrogen and oxygen atoms in total. The van der Waals surface area contributed by atoms with Gasteiger partial charge in [-0.1, -0.05) is 35.9 Å². The van der Waals surface area contributed by atoms with Crippen molar-refractivity contribution in [1.82, 2.24) is 20.6 Å². The minimum absolute atomic E-state index is 0.0910. The summed E-state index contributed by atoms with van der Waals surface area (Å²) in [6.07, 6.45) is -2.24. The van der Waals surface area contributed by atoms with E-state index in [0.29, 0.717) is 38.5 Å². The number of benzene rings is 3. The standard InChI is InChI=1S/C28H18ClF4N5O3/c1-14-9-18-23(13-21(14)29)41-27(40)19(12-25(39)34-22-7-6-17(30)11-20(22)28(31,32)33)26(18)16-4-2-3-15(10-16)5-8-24-35-37-38-36-24/h2-11,13H,12H2,1H3,(H,34,39)(H,35,36,37,38)/b8-5+. The topological polar surface area (TPSA) is 114 Å². The number of carbonyl (C=O) groups is 1. The van der Waals surface area contributed by atoms with Crippen LogP contribution in [0.3, 0.4) is 0 Å². The third-order valence-corrected chi connectivity index (χ3v) is 6.55. The summed E-state index contributed by atoms with van der Waals surface area (Å²) in [5.41, 5.74) is -0.575.